The van der Waals surface area contributed by atoms with E-state index in [1.807, 2.05) is 6.92 Å². The lowest BCUT2D eigenvalue weighted by Gasteiger charge is -2.23. The molecule has 0 spiro atoms. The van der Waals surface area contributed by atoms with Gasteiger partial charge in [-0.2, -0.15) is 15.0 Å². The summed E-state index contributed by atoms with van der Waals surface area (Å²) in [5, 5.41) is 0. The minimum atomic E-state index is -0.217. The molecule has 22 heavy (non-hydrogen) atoms. The van der Waals surface area contributed by atoms with Crippen molar-refractivity contribution in [1.29, 1.82) is 0 Å². The van der Waals surface area contributed by atoms with E-state index < -0.39 is 0 Å². The highest BCUT2D eigenvalue weighted by Gasteiger charge is 2.19. The predicted octanol–water partition coefficient (Wildman–Crippen LogP) is 0.405. The van der Waals surface area contributed by atoms with Crippen molar-refractivity contribution < 1.29 is 19.0 Å². The third-order valence-electron chi connectivity index (χ3n) is 2.71. The molecule has 124 valence electrons. The quantitative estimate of drug-likeness (QED) is 0.605. The molecule has 0 unspecified atom stereocenters. The summed E-state index contributed by atoms with van der Waals surface area (Å²) in [5.41, 5.74) is 0. The molecule has 1 aromatic heterocycles. The molecular formula is C13H23N5O4. The number of aryl methyl sites for hydroxylation is 1. The number of carbonyl (C=O) groups excluding carboxylic acids is 1. The van der Waals surface area contributed by atoms with Crippen molar-refractivity contribution in [3.63, 3.8) is 0 Å². The highest BCUT2D eigenvalue weighted by atomic mass is 16.5. The third-order valence-corrected chi connectivity index (χ3v) is 2.71. The van der Waals surface area contributed by atoms with Gasteiger partial charge in [-0.1, -0.05) is 6.92 Å². The monoisotopic (exact) mass is 313 g/mol. The van der Waals surface area contributed by atoms with Crippen LogP contribution in [-0.4, -0.2) is 62.4 Å². The van der Waals surface area contributed by atoms with Crippen LogP contribution in [0, 0.1) is 0 Å². The fourth-order valence-corrected chi connectivity index (χ4v) is 1.70. The molecule has 0 fully saturated rings. The summed E-state index contributed by atoms with van der Waals surface area (Å²) in [4.78, 5) is 27.7. The topological polar surface area (TPSA) is 89.9 Å². The van der Waals surface area contributed by atoms with Crippen LogP contribution in [0.3, 0.4) is 0 Å². The number of ether oxygens (including phenoxy) is 3. The van der Waals surface area contributed by atoms with Gasteiger partial charge in [0, 0.05) is 34.7 Å². The van der Waals surface area contributed by atoms with Gasteiger partial charge in [0.2, 0.25) is 17.8 Å². The Morgan fingerprint density at radius 3 is 1.95 bits per heavy atom. The first kappa shape index (κ1) is 18.2. The number of amides is 1. The molecule has 9 nitrogen and oxygen atoms in total. The number of aromatic nitrogens is 3. The second-order valence-corrected chi connectivity index (χ2v) is 4.45. The number of methoxy groups -OCH3 is 3. The lowest BCUT2D eigenvalue weighted by molar-refractivity contribution is -0.117. The van der Waals surface area contributed by atoms with Gasteiger partial charge in [0.05, 0.1) is 0 Å². The molecule has 1 rings (SSSR count). The van der Waals surface area contributed by atoms with E-state index in [-0.39, 0.29) is 32.0 Å². The lowest BCUT2D eigenvalue weighted by atomic mass is 10.4. The molecule has 0 saturated carbocycles. The van der Waals surface area contributed by atoms with Crippen molar-refractivity contribution in [1.82, 2.24) is 15.0 Å². The van der Waals surface area contributed by atoms with Crippen LogP contribution in [0.15, 0.2) is 0 Å². The minimum Gasteiger partial charge on any atom is -0.364 e. The second kappa shape index (κ2) is 9.23. The normalized spacial score (nSPS) is 10.6. The van der Waals surface area contributed by atoms with Gasteiger partial charge in [0.15, 0.2) is 0 Å². The average Bonchev–Trinajstić information content (AvgIpc) is 2.51. The SMILES string of the molecule is CCc1nc(N(COC)COC)nc(N(COC)C(C)=O)n1. The molecule has 0 aromatic carbocycles. The molecule has 0 N–H and O–H groups in total. The maximum Gasteiger partial charge on any atom is 0.239 e. The maximum atomic E-state index is 11.7. The first-order valence-corrected chi connectivity index (χ1v) is 6.82. The standard InChI is InChI=1S/C13H23N5O4/c1-6-11-14-12(17(7-20-3)8-21-4)16-13(15-11)18(9-22-5)10(2)19/h6-9H2,1-5H3. The minimum absolute atomic E-state index is 0.0660. The summed E-state index contributed by atoms with van der Waals surface area (Å²) < 4.78 is 15.3. The molecule has 0 aliphatic rings. The molecule has 9 heteroatoms. The van der Waals surface area contributed by atoms with Crippen molar-refractivity contribution in [3.05, 3.63) is 5.82 Å². The molecule has 0 saturated heterocycles. The summed E-state index contributed by atoms with van der Waals surface area (Å²) in [5.74, 6) is 0.979. The molecule has 0 bridgehead atoms. The number of rotatable bonds is 9. The van der Waals surface area contributed by atoms with E-state index in [9.17, 15) is 4.79 Å². The summed E-state index contributed by atoms with van der Waals surface area (Å²) in [6, 6.07) is 0. The van der Waals surface area contributed by atoms with Crippen molar-refractivity contribution in [2.75, 3.05) is 51.3 Å². The molecule has 0 aliphatic carbocycles. The summed E-state index contributed by atoms with van der Waals surface area (Å²) in [6.45, 7) is 3.93. The molecule has 1 amide bonds. The predicted molar refractivity (Wildman–Crippen MR) is 80.5 cm³/mol. The summed E-state index contributed by atoms with van der Waals surface area (Å²) >= 11 is 0. The van der Waals surface area contributed by atoms with Crippen LogP contribution in [0.4, 0.5) is 11.9 Å². The number of carbonyl (C=O) groups is 1. The Hall–Kier alpha value is -1.84. The van der Waals surface area contributed by atoms with Gasteiger partial charge >= 0.3 is 0 Å². The van der Waals surface area contributed by atoms with Crippen LogP contribution in [0.5, 0.6) is 0 Å². The first-order chi connectivity index (χ1) is 10.6. The Balaban J connectivity index is 3.23. The molecular weight excluding hydrogens is 290 g/mol. The van der Waals surface area contributed by atoms with Crippen molar-refractivity contribution >= 4 is 17.8 Å². The Labute approximate surface area is 130 Å². The summed E-state index contributed by atoms with van der Waals surface area (Å²) in [6.07, 6.45) is 0.606. The fraction of sp³-hybridized carbons (Fsp3) is 0.692. The smallest absolute Gasteiger partial charge is 0.239 e. The van der Waals surface area contributed by atoms with Crippen LogP contribution in [0.25, 0.3) is 0 Å². The Bertz CT molecular complexity index is 479. The zero-order valence-corrected chi connectivity index (χ0v) is 13.7. The molecule has 1 aromatic rings. The van der Waals surface area contributed by atoms with Gasteiger partial charge < -0.3 is 14.2 Å². The Morgan fingerprint density at radius 1 is 0.955 bits per heavy atom. The fourth-order valence-electron chi connectivity index (χ4n) is 1.70. The van der Waals surface area contributed by atoms with Crippen molar-refractivity contribution in [2.45, 2.75) is 20.3 Å². The largest absolute Gasteiger partial charge is 0.364 e. The molecule has 0 radical (unpaired) electrons. The van der Waals surface area contributed by atoms with Crippen molar-refractivity contribution in [2.24, 2.45) is 0 Å². The van der Waals surface area contributed by atoms with E-state index in [4.69, 9.17) is 14.2 Å². The van der Waals surface area contributed by atoms with Crippen LogP contribution >= 0.6 is 0 Å². The van der Waals surface area contributed by atoms with Crippen molar-refractivity contribution in [3.8, 4) is 0 Å². The number of nitrogens with zero attached hydrogens (tertiary/aromatic N) is 5. The van der Waals surface area contributed by atoms with Gasteiger partial charge in [-0.25, -0.2) is 0 Å². The molecule has 0 atom stereocenters. The van der Waals surface area contributed by atoms with E-state index in [0.717, 1.165) is 0 Å². The number of hydrogen-bond acceptors (Lipinski definition) is 8. The van der Waals surface area contributed by atoms with E-state index in [1.54, 1.807) is 19.1 Å². The van der Waals surface area contributed by atoms with Crippen LogP contribution in [0.1, 0.15) is 19.7 Å². The Kier molecular flexibility index (Phi) is 7.64. The maximum absolute atomic E-state index is 11.7. The lowest BCUT2D eigenvalue weighted by Crippen LogP contribution is -2.35. The molecule has 1 heterocycles. The zero-order chi connectivity index (χ0) is 16.5. The van der Waals surface area contributed by atoms with Gasteiger partial charge in [-0.15, -0.1) is 0 Å². The van der Waals surface area contributed by atoms with Gasteiger partial charge in [0.25, 0.3) is 0 Å². The zero-order valence-electron chi connectivity index (χ0n) is 13.7. The van der Waals surface area contributed by atoms with Gasteiger partial charge in [-0.3, -0.25) is 14.6 Å². The van der Waals surface area contributed by atoms with E-state index >= 15 is 0 Å². The van der Waals surface area contributed by atoms with E-state index in [1.165, 1.54) is 18.9 Å². The third kappa shape index (κ3) is 4.86. The Morgan fingerprint density at radius 2 is 1.50 bits per heavy atom. The first-order valence-electron chi connectivity index (χ1n) is 6.82. The second-order valence-electron chi connectivity index (χ2n) is 4.45. The number of anilines is 2. The summed E-state index contributed by atoms with van der Waals surface area (Å²) in [7, 11) is 4.64. The van der Waals surface area contributed by atoms with E-state index in [2.05, 4.69) is 15.0 Å². The van der Waals surface area contributed by atoms with Crippen LogP contribution < -0.4 is 9.80 Å². The number of hydrogen-bond donors (Lipinski definition) is 0. The van der Waals surface area contributed by atoms with Crippen LogP contribution in [-0.2, 0) is 25.4 Å². The van der Waals surface area contributed by atoms with E-state index in [0.29, 0.717) is 18.2 Å². The highest BCUT2D eigenvalue weighted by Crippen LogP contribution is 2.15. The molecule has 0 aliphatic heterocycles. The van der Waals surface area contributed by atoms with Crippen LogP contribution in [0.2, 0.25) is 0 Å². The van der Waals surface area contributed by atoms with Gasteiger partial charge in [-0.05, 0) is 0 Å². The average molecular weight is 313 g/mol. The highest BCUT2D eigenvalue weighted by molar-refractivity contribution is 5.89. The van der Waals surface area contributed by atoms with Gasteiger partial charge in [0.1, 0.15) is 26.0 Å².